The summed E-state index contributed by atoms with van der Waals surface area (Å²) in [4.78, 5) is 18.4. The van der Waals surface area contributed by atoms with Gasteiger partial charge in [0.25, 0.3) is 0 Å². The Labute approximate surface area is 135 Å². The van der Waals surface area contributed by atoms with Gasteiger partial charge in [0, 0.05) is 18.6 Å². The molecule has 1 aliphatic heterocycles. The number of alkyl halides is 3. The van der Waals surface area contributed by atoms with E-state index in [4.69, 9.17) is 5.11 Å². The molecule has 0 saturated carbocycles. The summed E-state index contributed by atoms with van der Waals surface area (Å²) < 4.78 is 37.9. The quantitative estimate of drug-likeness (QED) is 0.875. The van der Waals surface area contributed by atoms with Crippen LogP contribution in [0.2, 0.25) is 0 Å². The number of nitrogens with one attached hydrogen (secondary N) is 1. The highest BCUT2D eigenvalue weighted by molar-refractivity contribution is 5.90. The molecule has 0 saturated heterocycles. The van der Waals surface area contributed by atoms with Crippen molar-refractivity contribution in [3.05, 3.63) is 66.3 Å². The first-order valence-electron chi connectivity index (χ1n) is 6.73. The van der Waals surface area contributed by atoms with Crippen LogP contribution < -0.4 is 10.4 Å². The first-order chi connectivity index (χ1) is 11.4. The summed E-state index contributed by atoms with van der Waals surface area (Å²) in [6, 6.07) is 10.4. The van der Waals surface area contributed by atoms with E-state index in [2.05, 4.69) is 9.97 Å². The van der Waals surface area contributed by atoms with Crippen molar-refractivity contribution < 1.29 is 23.1 Å². The fraction of sp³-hybridized carbons (Fsp3) is 0.133. The van der Waals surface area contributed by atoms with E-state index in [1.165, 1.54) is 12.3 Å². The summed E-state index contributed by atoms with van der Waals surface area (Å²) in [6.07, 6.45) is 0.167. The van der Waals surface area contributed by atoms with Gasteiger partial charge in [-0.25, -0.2) is 9.78 Å². The van der Waals surface area contributed by atoms with E-state index in [1.54, 1.807) is 24.5 Å². The van der Waals surface area contributed by atoms with Gasteiger partial charge in [-0.05, 0) is 24.3 Å². The van der Waals surface area contributed by atoms with Crippen LogP contribution in [0.5, 0.6) is 0 Å². The van der Waals surface area contributed by atoms with Crippen molar-refractivity contribution in [1.82, 2.24) is 15.4 Å². The lowest BCUT2D eigenvalue weighted by Gasteiger charge is -2.19. The van der Waals surface area contributed by atoms with Crippen LogP contribution >= 0.6 is 0 Å². The van der Waals surface area contributed by atoms with Gasteiger partial charge in [0.05, 0.1) is 12.1 Å². The van der Waals surface area contributed by atoms with Crippen molar-refractivity contribution >= 4 is 11.8 Å². The Balaban J connectivity index is 0.000000292. The van der Waals surface area contributed by atoms with Crippen LogP contribution in [-0.2, 0) is 4.79 Å². The predicted molar refractivity (Wildman–Crippen MR) is 79.7 cm³/mol. The molecule has 0 fully saturated rings. The molecule has 2 aromatic heterocycles. The molecule has 0 aromatic carbocycles. The lowest BCUT2D eigenvalue weighted by molar-refractivity contribution is -0.134. The number of rotatable bonds is 2. The molecular weight excluding hydrogens is 325 g/mol. The second-order valence-electron chi connectivity index (χ2n) is 4.57. The highest BCUT2D eigenvalue weighted by Crippen LogP contribution is 2.31. The fourth-order valence-corrected chi connectivity index (χ4v) is 1.85. The highest BCUT2D eigenvalue weighted by atomic mass is 19.4. The van der Waals surface area contributed by atoms with Crippen molar-refractivity contribution in [2.45, 2.75) is 6.18 Å². The molecule has 2 aromatic rings. The van der Waals surface area contributed by atoms with Crippen LogP contribution in [-0.4, -0.2) is 33.8 Å². The molecule has 9 heteroatoms. The number of halogens is 3. The number of allylic oxidation sites excluding steroid dienone is 1. The van der Waals surface area contributed by atoms with Crippen LogP contribution in [0.4, 0.5) is 19.0 Å². The van der Waals surface area contributed by atoms with Gasteiger partial charge in [0.1, 0.15) is 11.5 Å². The van der Waals surface area contributed by atoms with Gasteiger partial charge >= 0.3 is 12.1 Å². The van der Waals surface area contributed by atoms with Crippen LogP contribution in [0.15, 0.2) is 66.3 Å². The Kier molecular flexibility index (Phi) is 5.35. The molecule has 2 N–H and O–H groups in total. The minimum absolute atomic E-state index is 0.218. The van der Waals surface area contributed by atoms with Gasteiger partial charge in [-0.1, -0.05) is 12.1 Å². The normalized spacial score (nSPS) is 13.9. The summed E-state index contributed by atoms with van der Waals surface area (Å²) in [7, 11) is 0. The van der Waals surface area contributed by atoms with Crippen molar-refractivity contribution in [3.63, 3.8) is 0 Å². The first kappa shape index (κ1) is 17.3. The van der Waals surface area contributed by atoms with Gasteiger partial charge in [0.2, 0.25) is 0 Å². The van der Waals surface area contributed by atoms with Gasteiger partial charge in [-0.3, -0.25) is 15.4 Å². The van der Waals surface area contributed by atoms with Crippen LogP contribution in [0.25, 0.3) is 0 Å². The number of carboxylic acid groups (broad SMARTS) is 1. The van der Waals surface area contributed by atoms with Crippen molar-refractivity contribution in [2.75, 3.05) is 11.6 Å². The zero-order valence-electron chi connectivity index (χ0n) is 12.2. The average Bonchev–Trinajstić information content (AvgIpc) is 3.04. The maximum absolute atomic E-state index is 12.6. The molecule has 0 unspecified atom stereocenters. The number of hydrogen-bond acceptors (Lipinski definition) is 5. The van der Waals surface area contributed by atoms with E-state index < -0.39 is 30.0 Å². The van der Waals surface area contributed by atoms with Gasteiger partial charge in [0.15, 0.2) is 0 Å². The number of aromatic nitrogens is 2. The first-order valence-corrected chi connectivity index (χ1v) is 6.73. The molecule has 0 atom stereocenters. The van der Waals surface area contributed by atoms with E-state index in [-0.39, 0.29) is 5.82 Å². The number of anilines is 1. The fourth-order valence-electron chi connectivity index (χ4n) is 1.85. The van der Waals surface area contributed by atoms with Crippen LogP contribution in [0, 0.1) is 0 Å². The third kappa shape index (κ3) is 4.45. The number of pyridine rings is 2. The Hall–Kier alpha value is -3.10. The molecule has 24 heavy (non-hydrogen) atoms. The monoisotopic (exact) mass is 338 g/mol. The third-order valence-electron chi connectivity index (χ3n) is 2.90. The lowest BCUT2D eigenvalue weighted by Crippen LogP contribution is -2.36. The Morgan fingerprint density at radius 3 is 2.17 bits per heavy atom. The van der Waals surface area contributed by atoms with Crippen molar-refractivity contribution in [3.8, 4) is 0 Å². The summed E-state index contributed by atoms with van der Waals surface area (Å²) in [5.41, 5.74) is 0.0314. The van der Waals surface area contributed by atoms with Gasteiger partial charge in [-0.15, -0.1) is 0 Å². The van der Waals surface area contributed by atoms with E-state index in [0.717, 1.165) is 5.01 Å². The van der Waals surface area contributed by atoms with E-state index in [9.17, 15) is 18.0 Å². The SMILES string of the molecule is O=C(O)C1=C(C(F)(F)F)NN(c2ccccn2)C1.c1ccncc1. The van der Waals surface area contributed by atoms with Gasteiger partial charge in [-0.2, -0.15) is 13.2 Å². The summed E-state index contributed by atoms with van der Waals surface area (Å²) in [5, 5.41) is 9.80. The number of hydrazine groups is 1. The minimum Gasteiger partial charge on any atom is -0.478 e. The summed E-state index contributed by atoms with van der Waals surface area (Å²) in [6.45, 7) is -0.402. The van der Waals surface area contributed by atoms with Crippen LogP contribution in [0.1, 0.15) is 0 Å². The van der Waals surface area contributed by atoms with Crippen molar-refractivity contribution in [1.29, 1.82) is 0 Å². The lowest BCUT2D eigenvalue weighted by atomic mass is 10.2. The van der Waals surface area contributed by atoms with Crippen molar-refractivity contribution in [2.24, 2.45) is 0 Å². The zero-order valence-corrected chi connectivity index (χ0v) is 12.2. The standard InChI is InChI=1S/C10H8F3N3O2.C5H5N/c11-10(12,13)8-6(9(17)18)5-16(15-8)7-3-1-2-4-14-7;1-2-4-6-5-3-1/h1-4,15H,5H2,(H,17,18);1-5H. The molecule has 0 amide bonds. The molecular formula is C15H13F3N4O2. The summed E-state index contributed by atoms with van der Waals surface area (Å²) in [5.74, 6) is -1.39. The predicted octanol–water partition coefficient (Wildman–Crippen LogP) is 2.39. The second-order valence-corrected chi connectivity index (χ2v) is 4.57. The molecule has 0 bridgehead atoms. The molecule has 3 rings (SSSR count). The van der Waals surface area contributed by atoms with Crippen LogP contribution in [0.3, 0.4) is 0 Å². The summed E-state index contributed by atoms with van der Waals surface area (Å²) >= 11 is 0. The molecule has 1 aliphatic rings. The van der Waals surface area contributed by atoms with E-state index >= 15 is 0 Å². The maximum atomic E-state index is 12.6. The highest BCUT2D eigenvalue weighted by Gasteiger charge is 2.43. The maximum Gasteiger partial charge on any atom is 0.433 e. The number of hydrogen-bond donors (Lipinski definition) is 2. The minimum atomic E-state index is -4.74. The number of nitrogens with zero attached hydrogens (tertiary/aromatic N) is 3. The Morgan fingerprint density at radius 2 is 1.79 bits per heavy atom. The molecule has 0 aliphatic carbocycles. The topological polar surface area (TPSA) is 78.4 Å². The third-order valence-corrected chi connectivity index (χ3v) is 2.90. The number of aliphatic carboxylic acids is 1. The zero-order chi connectivity index (χ0) is 17.6. The average molecular weight is 338 g/mol. The van der Waals surface area contributed by atoms with E-state index in [1.807, 2.05) is 23.6 Å². The Bertz CT molecular complexity index is 679. The largest absolute Gasteiger partial charge is 0.478 e. The molecule has 6 nitrogen and oxygen atoms in total. The Morgan fingerprint density at radius 1 is 1.12 bits per heavy atom. The molecule has 0 spiro atoms. The molecule has 3 heterocycles. The van der Waals surface area contributed by atoms with Gasteiger partial charge < -0.3 is 5.11 Å². The number of carbonyl (C=O) groups is 1. The molecule has 0 radical (unpaired) electrons. The van der Waals surface area contributed by atoms with E-state index in [0.29, 0.717) is 0 Å². The smallest absolute Gasteiger partial charge is 0.433 e. The molecule has 126 valence electrons. The second kappa shape index (κ2) is 7.44. The number of carboxylic acids is 1.